The van der Waals surface area contributed by atoms with Crippen molar-refractivity contribution < 1.29 is 0 Å². The van der Waals surface area contributed by atoms with Crippen LogP contribution in [0.4, 0.5) is 0 Å². The Morgan fingerprint density at radius 3 is 2.58 bits per heavy atom. The quantitative estimate of drug-likeness (QED) is 0.585. The maximum atomic E-state index is 3.04. The highest BCUT2D eigenvalue weighted by molar-refractivity contribution is 5.65. The molecule has 0 heteroatoms. The van der Waals surface area contributed by atoms with E-state index in [-0.39, 0.29) is 0 Å². The molecule has 1 radical (unpaired) electrons. The summed E-state index contributed by atoms with van der Waals surface area (Å²) >= 11 is 0. The third kappa shape index (κ3) is 1.58. The molecule has 0 heterocycles. The van der Waals surface area contributed by atoms with E-state index in [0.29, 0.717) is 0 Å². The topological polar surface area (TPSA) is 0 Å². The second-order valence-corrected chi connectivity index (χ2v) is 3.26. The minimum absolute atomic E-state index is 1.25. The van der Waals surface area contributed by atoms with Crippen molar-refractivity contribution in [2.24, 2.45) is 0 Å². The van der Waals surface area contributed by atoms with E-state index < -0.39 is 0 Å². The van der Waals surface area contributed by atoms with Crippen molar-refractivity contribution in [3.63, 3.8) is 0 Å². The SMILES string of the molecule is [c]1ccc(C2=CCCCC2)cc1. The molecule has 0 spiro atoms. The summed E-state index contributed by atoms with van der Waals surface area (Å²) in [6.45, 7) is 0. The van der Waals surface area contributed by atoms with Crippen LogP contribution in [0.2, 0.25) is 0 Å². The first-order valence-corrected chi connectivity index (χ1v) is 4.62. The third-order valence-electron chi connectivity index (χ3n) is 2.38. The van der Waals surface area contributed by atoms with E-state index in [1.165, 1.54) is 36.8 Å². The Bertz CT molecular complexity index is 269. The van der Waals surface area contributed by atoms with Gasteiger partial charge in [0.25, 0.3) is 0 Å². The minimum Gasteiger partial charge on any atom is -0.0807 e. The molecule has 0 bridgehead atoms. The van der Waals surface area contributed by atoms with Gasteiger partial charge in [0.05, 0.1) is 0 Å². The molecule has 0 unspecified atom stereocenters. The highest BCUT2D eigenvalue weighted by Gasteiger charge is 2.04. The fraction of sp³-hybridized carbons (Fsp3) is 0.333. The van der Waals surface area contributed by atoms with E-state index in [1.807, 2.05) is 12.1 Å². The number of rotatable bonds is 1. The van der Waals surface area contributed by atoms with Gasteiger partial charge < -0.3 is 0 Å². The van der Waals surface area contributed by atoms with Crippen LogP contribution in [-0.4, -0.2) is 0 Å². The number of allylic oxidation sites excluding steroid dienone is 2. The molecule has 12 heavy (non-hydrogen) atoms. The highest BCUT2D eigenvalue weighted by atomic mass is 14.1. The van der Waals surface area contributed by atoms with Crippen LogP contribution in [0.1, 0.15) is 31.2 Å². The Hall–Kier alpha value is -1.04. The largest absolute Gasteiger partial charge is 0.0807 e. The average Bonchev–Trinajstić information content (AvgIpc) is 2.21. The third-order valence-corrected chi connectivity index (χ3v) is 2.38. The van der Waals surface area contributed by atoms with E-state index in [0.717, 1.165) is 0 Å². The molecular weight excluding hydrogens is 144 g/mol. The van der Waals surface area contributed by atoms with E-state index in [1.54, 1.807) is 0 Å². The van der Waals surface area contributed by atoms with Gasteiger partial charge in [-0.05, 0) is 42.9 Å². The Balaban J connectivity index is 2.24. The van der Waals surface area contributed by atoms with Crippen LogP contribution in [0, 0.1) is 6.07 Å². The smallest absolute Gasteiger partial charge is 0.0184 e. The van der Waals surface area contributed by atoms with E-state index in [4.69, 9.17) is 0 Å². The molecule has 0 saturated heterocycles. The summed E-state index contributed by atoms with van der Waals surface area (Å²) in [5.74, 6) is 0. The molecule has 0 fully saturated rings. The van der Waals surface area contributed by atoms with Crippen molar-refractivity contribution in [2.45, 2.75) is 25.7 Å². The second kappa shape index (κ2) is 3.57. The van der Waals surface area contributed by atoms with E-state index in [9.17, 15) is 0 Å². The van der Waals surface area contributed by atoms with Crippen LogP contribution in [0.5, 0.6) is 0 Å². The van der Waals surface area contributed by atoms with Crippen LogP contribution in [-0.2, 0) is 0 Å². The summed E-state index contributed by atoms with van der Waals surface area (Å²) in [5, 5.41) is 0. The van der Waals surface area contributed by atoms with Gasteiger partial charge >= 0.3 is 0 Å². The summed E-state index contributed by atoms with van der Waals surface area (Å²) in [7, 11) is 0. The van der Waals surface area contributed by atoms with Gasteiger partial charge in [0.15, 0.2) is 0 Å². The minimum atomic E-state index is 1.25. The van der Waals surface area contributed by atoms with Crippen molar-refractivity contribution in [2.75, 3.05) is 0 Å². The molecule has 2 rings (SSSR count). The fourth-order valence-electron chi connectivity index (χ4n) is 1.70. The Morgan fingerprint density at radius 1 is 1.08 bits per heavy atom. The first kappa shape index (κ1) is 7.60. The molecule has 1 aliphatic rings. The molecule has 61 valence electrons. The van der Waals surface area contributed by atoms with Crippen LogP contribution in [0.25, 0.3) is 5.57 Å². The Labute approximate surface area is 73.9 Å². The summed E-state index contributed by atoms with van der Waals surface area (Å²) in [4.78, 5) is 0. The van der Waals surface area contributed by atoms with Crippen molar-refractivity contribution in [3.8, 4) is 0 Å². The van der Waals surface area contributed by atoms with Gasteiger partial charge in [-0.2, -0.15) is 0 Å². The van der Waals surface area contributed by atoms with Gasteiger partial charge in [-0.25, -0.2) is 0 Å². The summed E-state index contributed by atoms with van der Waals surface area (Å²) < 4.78 is 0. The van der Waals surface area contributed by atoms with Crippen LogP contribution < -0.4 is 0 Å². The highest BCUT2D eigenvalue weighted by Crippen LogP contribution is 2.25. The molecule has 0 saturated carbocycles. The zero-order chi connectivity index (χ0) is 8.23. The number of hydrogen-bond donors (Lipinski definition) is 0. The van der Waals surface area contributed by atoms with Crippen LogP contribution in [0.3, 0.4) is 0 Å². The lowest BCUT2D eigenvalue weighted by Gasteiger charge is -2.12. The van der Waals surface area contributed by atoms with Gasteiger partial charge in [0, 0.05) is 0 Å². The van der Waals surface area contributed by atoms with Crippen LogP contribution >= 0.6 is 0 Å². The van der Waals surface area contributed by atoms with Gasteiger partial charge in [0.1, 0.15) is 0 Å². The summed E-state index contributed by atoms with van der Waals surface area (Å²) in [5.41, 5.74) is 2.91. The zero-order valence-corrected chi connectivity index (χ0v) is 7.22. The van der Waals surface area contributed by atoms with E-state index >= 15 is 0 Å². The number of benzene rings is 1. The van der Waals surface area contributed by atoms with Crippen molar-refractivity contribution in [1.82, 2.24) is 0 Å². The van der Waals surface area contributed by atoms with Crippen molar-refractivity contribution >= 4 is 5.57 Å². The van der Waals surface area contributed by atoms with Crippen molar-refractivity contribution in [1.29, 1.82) is 0 Å². The monoisotopic (exact) mass is 157 g/mol. The standard InChI is InChI=1S/C12H13/c1-3-7-11(8-4-1)12-9-5-2-6-10-12/h5-7,9-10H,1,3-4,8H2. The van der Waals surface area contributed by atoms with E-state index in [2.05, 4.69) is 24.3 Å². The summed E-state index contributed by atoms with van der Waals surface area (Å²) in [6, 6.07) is 11.3. The molecule has 0 nitrogen and oxygen atoms in total. The molecule has 0 amide bonds. The lowest BCUT2D eigenvalue weighted by Crippen LogP contribution is -1.90. The second-order valence-electron chi connectivity index (χ2n) is 3.26. The molecule has 1 aromatic carbocycles. The molecule has 0 aliphatic heterocycles. The normalized spacial score (nSPS) is 17.2. The molecular formula is C12H13. The first-order chi connectivity index (χ1) is 5.97. The van der Waals surface area contributed by atoms with Crippen LogP contribution in [0.15, 0.2) is 30.3 Å². The molecule has 0 atom stereocenters. The van der Waals surface area contributed by atoms with Crippen molar-refractivity contribution in [3.05, 3.63) is 42.0 Å². The Kier molecular flexibility index (Phi) is 2.26. The van der Waals surface area contributed by atoms with Gasteiger partial charge in [0.2, 0.25) is 0 Å². The molecule has 1 aliphatic carbocycles. The zero-order valence-electron chi connectivity index (χ0n) is 7.22. The van der Waals surface area contributed by atoms with Gasteiger partial charge in [-0.15, -0.1) is 0 Å². The lowest BCUT2D eigenvalue weighted by atomic mass is 9.94. The number of hydrogen-bond acceptors (Lipinski definition) is 0. The first-order valence-electron chi connectivity index (χ1n) is 4.62. The lowest BCUT2D eigenvalue weighted by molar-refractivity contribution is 0.742. The maximum Gasteiger partial charge on any atom is -0.0184 e. The predicted molar refractivity (Wildman–Crippen MR) is 51.7 cm³/mol. The molecule has 1 aromatic rings. The Morgan fingerprint density at radius 2 is 1.92 bits per heavy atom. The van der Waals surface area contributed by atoms with Gasteiger partial charge in [-0.3, -0.25) is 0 Å². The van der Waals surface area contributed by atoms with Gasteiger partial charge in [-0.1, -0.05) is 30.3 Å². The molecule has 0 N–H and O–H groups in total. The summed E-state index contributed by atoms with van der Waals surface area (Å²) in [6.07, 6.45) is 7.60. The maximum absolute atomic E-state index is 3.04. The predicted octanol–water partition coefficient (Wildman–Crippen LogP) is 3.44. The average molecular weight is 157 g/mol. The fourth-order valence-corrected chi connectivity index (χ4v) is 1.70. The molecule has 0 aromatic heterocycles.